The predicted octanol–water partition coefficient (Wildman–Crippen LogP) is 1.08. The summed E-state index contributed by atoms with van der Waals surface area (Å²) in [6.07, 6.45) is 2.51. The van der Waals surface area contributed by atoms with Gasteiger partial charge in [-0.1, -0.05) is 6.92 Å². The molecule has 0 aliphatic rings. The second-order valence-electron chi connectivity index (χ2n) is 4.56. The number of carbonyl (C=O) groups is 1. The van der Waals surface area contributed by atoms with Gasteiger partial charge in [-0.3, -0.25) is 4.79 Å². The Morgan fingerprint density at radius 1 is 1.33 bits per heavy atom. The fourth-order valence-electron chi connectivity index (χ4n) is 1.67. The molecule has 5 heteroatoms. The average molecular weight is 250 g/mol. The monoisotopic (exact) mass is 250 g/mol. The maximum Gasteiger partial charge on any atom is 0.254 e. The summed E-state index contributed by atoms with van der Waals surface area (Å²) < 4.78 is 0. The zero-order valence-corrected chi connectivity index (χ0v) is 11.4. The second kappa shape index (κ2) is 6.96. The standard InChI is InChI=1S/C13H22N4O/c1-4-7-17(9-8-16(2)3)13(18)11-5-6-15-12(14)10-11/h5-6,10H,4,7-9H2,1-3H3,(H2,14,15). The minimum Gasteiger partial charge on any atom is -0.384 e. The van der Waals surface area contributed by atoms with Crippen LogP contribution in [0.4, 0.5) is 5.82 Å². The summed E-state index contributed by atoms with van der Waals surface area (Å²) in [5.41, 5.74) is 6.21. The van der Waals surface area contributed by atoms with Crippen molar-refractivity contribution < 1.29 is 4.79 Å². The van der Waals surface area contributed by atoms with E-state index in [4.69, 9.17) is 5.73 Å². The van der Waals surface area contributed by atoms with E-state index in [1.165, 1.54) is 0 Å². The second-order valence-corrected chi connectivity index (χ2v) is 4.56. The van der Waals surface area contributed by atoms with Crippen molar-refractivity contribution in [1.82, 2.24) is 14.8 Å². The first-order valence-electron chi connectivity index (χ1n) is 6.20. The van der Waals surface area contributed by atoms with Crippen LogP contribution >= 0.6 is 0 Å². The summed E-state index contributed by atoms with van der Waals surface area (Å²) in [7, 11) is 4.00. The van der Waals surface area contributed by atoms with Crippen LogP contribution in [-0.2, 0) is 0 Å². The molecule has 0 saturated heterocycles. The Balaban J connectivity index is 2.75. The molecule has 1 aromatic rings. The number of carbonyl (C=O) groups excluding carboxylic acids is 1. The number of amides is 1. The Kier molecular flexibility index (Phi) is 5.58. The van der Waals surface area contributed by atoms with Crippen LogP contribution in [0.3, 0.4) is 0 Å². The smallest absolute Gasteiger partial charge is 0.254 e. The summed E-state index contributed by atoms with van der Waals surface area (Å²) in [5.74, 6) is 0.401. The number of aromatic nitrogens is 1. The summed E-state index contributed by atoms with van der Waals surface area (Å²) in [5, 5.41) is 0. The molecule has 100 valence electrons. The number of nitrogens with two attached hydrogens (primary N) is 1. The molecule has 0 spiro atoms. The summed E-state index contributed by atoms with van der Waals surface area (Å²) in [6, 6.07) is 3.33. The van der Waals surface area contributed by atoms with Crippen molar-refractivity contribution in [3.05, 3.63) is 23.9 Å². The van der Waals surface area contributed by atoms with Crippen molar-refractivity contribution in [3.63, 3.8) is 0 Å². The van der Waals surface area contributed by atoms with Crippen LogP contribution in [-0.4, -0.2) is 54.4 Å². The van der Waals surface area contributed by atoms with E-state index in [9.17, 15) is 4.79 Å². The van der Waals surface area contributed by atoms with Crippen molar-refractivity contribution >= 4 is 11.7 Å². The van der Waals surface area contributed by atoms with E-state index in [-0.39, 0.29) is 5.91 Å². The Hall–Kier alpha value is -1.62. The third-order valence-corrected chi connectivity index (χ3v) is 2.63. The van der Waals surface area contributed by atoms with Gasteiger partial charge < -0.3 is 15.5 Å². The SMILES string of the molecule is CCCN(CCN(C)C)C(=O)c1ccnc(N)c1. The van der Waals surface area contributed by atoms with E-state index in [1.54, 1.807) is 18.3 Å². The zero-order chi connectivity index (χ0) is 13.5. The number of hydrogen-bond acceptors (Lipinski definition) is 4. The Morgan fingerprint density at radius 3 is 2.61 bits per heavy atom. The van der Waals surface area contributed by atoms with Crippen LogP contribution in [0, 0.1) is 0 Å². The third-order valence-electron chi connectivity index (χ3n) is 2.63. The fourth-order valence-corrected chi connectivity index (χ4v) is 1.67. The first-order valence-corrected chi connectivity index (χ1v) is 6.20. The Labute approximate surface area is 109 Å². The van der Waals surface area contributed by atoms with Gasteiger partial charge in [-0.25, -0.2) is 4.98 Å². The van der Waals surface area contributed by atoms with Crippen molar-refractivity contribution in [2.24, 2.45) is 0 Å². The number of anilines is 1. The van der Waals surface area contributed by atoms with Gasteiger partial charge in [0.15, 0.2) is 0 Å². The van der Waals surface area contributed by atoms with E-state index in [0.717, 1.165) is 26.1 Å². The highest BCUT2D eigenvalue weighted by molar-refractivity contribution is 5.94. The van der Waals surface area contributed by atoms with Gasteiger partial charge in [-0.2, -0.15) is 0 Å². The molecule has 0 aliphatic heterocycles. The molecule has 1 heterocycles. The van der Waals surface area contributed by atoms with E-state index >= 15 is 0 Å². The van der Waals surface area contributed by atoms with Crippen LogP contribution in [0.1, 0.15) is 23.7 Å². The van der Waals surface area contributed by atoms with Gasteiger partial charge in [0.2, 0.25) is 0 Å². The molecule has 0 fully saturated rings. The molecule has 1 amide bonds. The molecule has 0 aromatic carbocycles. The molecule has 0 aliphatic carbocycles. The molecule has 1 aromatic heterocycles. The Morgan fingerprint density at radius 2 is 2.06 bits per heavy atom. The van der Waals surface area contributed by atoms with E-state index in [1.807, 2.05) is 19.0 Å². The average Bonchev–Trinajstić information content (AvgIpc) is 2.33. The lowest BCUT2D eigenvalue weighted by atomic mass is 10.2. The lowest BCUT2D eigenvalue weighted by Crippen LogP contribution is -2.37. The minimum atomic E-state index is 0.0211. The molecular weight excluding hydrogens is 228 g/mol. The fraction of sp³-hybridized carbons (Fsp3) is 0.538. The third kappa shape index (κ3) is 4.33. The number of rotatable bonds is 6. The maximum atomic E-state index is 12.3. The molecule has 18 heavy (non-hydrogen) atoms. The highest BCUT2D eigenvalue weighted by atomic mass is 16.2. The van der Waals surface area contributed by atoms with Crippen LogP contribution in [0.2, 0.25) is 0 Å². The molecule has 0 saturated carbocycles. The molecule has 1 rings (SSSR count). The van der Waals surface area contributed by atoms with Crippen molar-refractivity contribution in [2.75, 3.05) is 39.5 Å². The molecule has 0 unspecified atom stereocenters. The minimum absolute atomic E-state index is 0.0211. The van der Waals surface area contributed by atoms with Gasteiger partial charge in [-0.15, -0.1) is 0 Å². The molecular formula is C13H22N4O. The summed E-state index contributed by atoms with van der Waals surface area (Å²) >= 11 is 0. The van der Waals surface area contributed by atoms with E-state index in [0.29, 0.717) is 11.4 Å². The number of nitrogens with zero attached hydrogens (tertiary/aromatic N) is 3. The maximum absolute atomic E-state index is 12.3. The highest BCUT2D eigenvalue weighted by Gasteiger charge is 2.15. The van der Waals surface area contributed by atoms with Gasteiger partial charge in [0, 0.05) is 31.4 Å². The number of hydrogen-bond donors (Lipinski definition) is 1. The van der Waals surface area contributed by atoms with Gasteiger partial charge in [0.1, 0.15) is 5.82 Å². The number of pyridine rings is 1. The van der Waals surface area contributed by atoms with E-state index in [2.05, 4.69) is 16.8 Å². The first kappa shape index (κ1) is 14.4. The highest BCUT2D eigenvalue weighted by Crippen LogP contribution is 2.08. The van der Waals surface area contributed by atoms with Crippen molar-refractivity contribution in [1.29, 1.82) is 0 Å². The van der Waals surface area contributed by atoms with Crippen LogP contribution in [0.25, 0.3) is 0 Å². The molecule has 0 bridgehead atoms. The van der Waals surface area contributed by atoms with Gasteiger partial charge >= 0.3 is 0 Å². The molecule has 0 radical (unpaired) electrons. The van der Waals surface area contributed by atoms with E-state index < -0.39 is 0 Å². The largest absolute Gasteiger partial charge is 0.384 e. The quantitative estimate of drug-likeness (QED) is 0.820. The summed E-state index contributed by atoms with van der Waals surface area (Å²) in [4.78, 5) is 20.1. The number of likely N-dealkylation sites (N-methyl/N-ethyl adjacent to an activating group) is 1. The van der Waals surface area contributed by atoms with Crippen LogP contribution < -0.4 is 5.73 Å². The normalized spacial score (nSPS) is 10.7. The molecule has 2 N–H and O–H groups in total. The first-order chi connectivity index (χ1) is 8.54. The Bertz CT molecular complexity index is 392. The van der Waals surface area contributed by atoms with Gasteiger partial charge in [0.05, 0.1) is 0 Å². The van der Waals surface area contributed by atoms with Gasteiger partial charge in [0.25, 0.3) is 5.91 Å². The van der Waals surface area contributed by atoms with Crippen molar-refractivity contribution in [2.45, 2.75) is 13.3 Å². The number of nitrogen functional groups attached to an aromatic ring is 1. The summed E-state index contributed by atoms with van der Waals surface area (Å²) in [6.45, 7) is 4.40. The topological polar surface area (TPSA) is 62.5 Å². The van der Waals surface area contributed by atoms with Crippen LogP contribution in [0.15, 0.2) is 18.3 Å². The molecule has 0 atom stereocenters. The van der Waals surface area contributed by atoms with Crippen molar-refractivity contribution in [3.8, 4) is 0 Å². The predicted molar refractivity (Wildman–Crippen MR) is 73.4 cm³/mol. The van der Waals surface area contributed by atoms with Crippen LogP contribution in [0.5, 0.6) is 0 Å². The van der Waals surface area contributed by atoms with Gasteiger partial charge in [-0.05, 0) is 32.6 Å². The lowest BCUT2D eigenvalue weighted by Gasteiger charge is -2.24. The lowest BCUT2D eigenvalue weighted by molar-refractivity contribution is 0.0745. The molecule has 5 nitrogen and oxygen atoms in total. The zero-order valence-electron chi connectivity index (χ0n) is 11.4.